The summed E-state index contributed by atoms with van der Waals surface area (Å²) in [5, 5.41) is 18.9. The molecule has 0 radical (unpaired) electrons. The van der Waals surface area contributed by atoms with E-state index < -0.39 is 11.9 Å². The van der Waals surface area contributed by atoms with Crippen LogP contribution in [0.4, 0.5) is 5.69 Å². The summed E-state index contributed by atoms with van der Waals surface area (Å²) >= 11 is 0. The van der Waals surface area contributed by atoms with Gasteiger partial charge in [-0.2, -0.15) is 5.10 Å². The summed E-state index contributed by atoms with van der Waals surface area (Å²) in [7, 11) is 0. The van der Waals surface area contributed by atoms with Crippen LogP contribution in [-0.2, 0) is 4.79 Å². The van der Waals surface area contributed by atoms with Gasteiger partial charge in [-0.05, 0) is 12.1 Å². The Balaban J connectivity index is 2.27. The maximum Gasteiger partial charge on any atom is 0.243 e. The molecule has 0 fully saturated rings. The number of aliphatic hydroxyl groups excluding tert-OH is 1. The van der Waals surface area contributed by atoms with Crippen molar-refractivity contribution in [2.24, 2.45) is 5.73 Å². The molecule has 0 aliphatic rings. The topological polar surface area (TPSA) is 104 Å². The molecule has 1 unspecified atom stereocenters. The minimum atomic E-state index is -0.915. The third-order valence-corrected chi connectivity index (χ3v) is 2.28. The lowest BCUT2D eigenvalue weighted by molar-refractivity contribution is -0.118. The van der Waals surface area contributed by atoms with Crippen LogP contribution in [0.25, 0.3) is 10.9 Å². The van der Waals surface area contributed by atoms with E-state index in [0.717, 1.165) is 10.9 Å². The molecule has 6 nitrogen and oxygen atoms in total. The number of anilines is 1. The van der Waals surface area contributed by atoms with Gasteiger partial charge in [-0.25, -0.2) is 0 Å². The van der Waals surface area contributed by atoms with E-state index in [4.69, 9.17) is 10.8 Å². The number of aromatic amines is 1. The molecule has 1 atom stereocenters. The number of carbonyl (C=O) groups is 1. The summed E-state index contributed by atoms with van der Waals surface area (Å²) in [5.74, 6) is -0.420. The molecule has 0 bridgehead atoms. The second-order valence-electron chi connectivity index (χ2n) is 3.42. The van der Waals surface area contributed by atoms with Crippen molar-refractivity contribution in [2.45, 2.75) is 6.04 Å². The normalized spacial score (nSPS) is 12.6. The molecule has 1 aromatic carbocycles. The van der Waals surface area contributed by atoms with E-state index in [1.165, 1.54) is 0 Å². The second kappa shape index (κ2) is 4.30. The Morgan fingerprint density at radius 3 is 3.19 bits per heavy atom. The van der Waals surface area contributed by atoms with Crippen molar-refractivity contribution in [1.29, 1.82) is 0 Å². The molecule has 0 spiro atoms. The summed E-state index contributed by atoms with van der Waals surface area (Å²) in [4.78, 5) is 11.5. The number of carbonyl (C=O) groups excluding carboxylic acids is 1. The van der Waals surface area contributed by atoms with Gasteiger partial charge in [0, 0.05) is 5.39 Å². The number of nitrogens with two attached hydrogens (primary N) is 1. The van der Waals surface area contributed by atoms with Crippen LogP contribution < -0.4 is 11.1 Å². The minimum absolute atomic E-state index is 0.382. The average Bonchev–Trinajstić information content (AvgIpc) is 2.77. The van der Waals surface area contributed by atoms with Crippen LogP contribution in [0.3, 0.4) is 0 Å². The standard InChI is InChI=1S/C10H12N4O2/c11-7(5-15)10(16)13-8-2-1-3-9-6(8)4-12-14-9/h1-4,7,15H,5,11H2,(H,12,14)(H,13,16). The first kappa shape index (κ1) is 10.6. The molecule has 0 aliphatic carbocycles. The summed E-state index contributed by atoms with van der Waals surface area (Å²) in [6.45, 7) is -0.382. The first-order valence-electron chi connectivity index (χ1n) is 4.82. The molecule has 1 amide bonds. The number of nitrogens with one attached hydrogen (secondary N) is 2. The van der Waals surface area contributed by atoms with E-state index in [1.54, 1.807) is 18.3 Å². The molecule has 5 N–H and O–H groups in total. The van der Waals surface area contributed by atoms with Gasteiger partial charge < -0.3 is 16.2 Å². The van der Waals surface area contributed by atoms with Crippen LogP contribution >= 0.6 is 0 Å². The fourth-order valence-electron chi connectivity index (χ4n) is 1.39. The molecule has 6 heteroatoms. The largest absolute Gasteiger partial charge is 0.394 e. The molecule has 0 saturated heterocycles. The number of nitrogens with zero attached hydrogens (tertiary/aromatic N) is 1. The van der Waals surface area contributed by atoms with Gasteiger partial charge >= 0.3 is 0 Å². The van der Waals surface area contributed by atoms with Crippen molar-refractivity contribution >= 4 is 22.5 Å². The fourth-order valence-corrected chi connectivity index (χ4v) is 1.39. The van der Waals surface area contributed by atoms with E-state index in [2.05, 4.69) is 15.5 Å². The Hall–Kier alpha value is -1.92. The number of aromatic nitrogens is 2. The smallest absolute Gasteiger partial charge is 0.243 e. The van der Waals surface area contributed by atoms with Gasteiger partial charge in [-0.3, -0.25) is 9.89 Å². The predicted molar refractivity (Wildman–Crippen MR) is 59.8 cm³/mol. The van der Waals surface area contributed by atoms with Gasteiger partial charge in [0.05, 0.1) is 24.0 Å². The highest BCUT2D eigenvalue weighted by Gasteiger charge is 2.13. The van der Waals surface area contributed by atoms with E-state index in [0.29, 0.717) is 5.69 Å². The lowest BCUT2D eigenvalue weighted by atomic mass is 10.2. The minimum Gasteiger partial charge on any atom is -0.394 e. The molecule has 0 saturated carbocycles. The number of amides is 1. The molecular formula is C10H12N4O2. The van der Waals surface area contributed by atoms with Crippen molar-refractivity contribution in [3.05, 3.63) is 24.4 Å². The van der Waals surface area contributed by atoms with Crippen molar-refractivity contribution in [3.63, 3.8) is 0 Å². The number of hydrogen-bond donors (Lipinski definition) is 4. The maximum atomic E-state index is 11.5. The molecule has 1 aromatic heterocycles. The van der Waals surface area contributed by atoms with Gasteiger partial charge in [-0.1, -0.05) is 6.07 Å². The van der Waals surface area contributed by atoms with Crippen molar-refractivity contribution in [2.75, 3.05) is 11.9 Å². The predicted octanol–water partition coefficient (Wildman–Crippen LogP) is -0.179. The zero-order valence-corrected chi connectivity index (χ0v) is 8.47. The van der Waals surface area contributed by atoms with Crippen LogP contribution in [0.1, 0.15) is 0 Å². The Morgan fingerprint density at radius 2 is 2.44 bits per heavy atom. The van der Waals surface area contributed by atoms with Crippen LogP contribution in [0.2, 0.25) is 0 Å². The van der Waals surface area contributed by atoms with Crippen LogP contribution in [0, 0.1) is 0 Å². The number of H-pyrrole nitrogens is 1. The number of aliphatic hydroxyl groups is 1. The molecular weight excluding hydrogens is 208 g/mol. The average molecular weight is 220 g/mol. The SMILES string of the molecule is NC(CO)C(=O)Nc1cccc2[nH]ncc12. The highest BCUT2D eigenvalue weighted by molar-refractivity contribution is 6.02. The van der Waals surface area contributed by atoms with Crippen molar-refractivity contribution in [1.82, 2.24) is 10.2 Å². The third kappa shape index (κ3) is 1.88. The maximum absolute atomic E-state index is 11.5. The quantitative estimate of drug-likeness (QED) is 0.576. The van der Waals surface area contributed by atoms with Gasteiger partial charge in [0.1, 0.15) is 6.04 Å². The van der Waals surface area contributed by atoms with Gasteiger partial charge in [-0.15, -0.1) is 0 Å². The molecule has 2 rings (SSSR count). The Labute approximate surface area is 91.5 Å². The zero-order valence-electron chi connectivity index (χ0n) is 8.47. The summed E-state index contributed by atoms with van der Waals surface area (Å²) < 4.78 is 0. The van der Waals surface area contributed by atoms with Gasteiger partial charge in [0.2, 0.25) is 5.91 Å². The Morgan fingerprint density at radius 1 is 1.62 bits per heavy atom. The van der Waals surface area contributed by atoms with Crippen molar-refractivity contribution in [3.8, 4) is 0 Å². The second-order valence-corrected chi connectivity index (χ2v) is 3.42. The van der Waals surface area contributed by atoms with E-state index in [9.17, 15) is 4.79 Å². The number of benzene rings is 1. The van der Waals surface area contributed by atoms with E-state index >= 15 is 0 Å². The number of hydrogen-bond acceptors (Lipinski definition) is 4. The first-order valence-corrected chi connectivity index (χ1v) is 4.82. The monoisotopic (exact) mass is 220 g/mol. The van der Waals surface area contributed by atoms with E-state index in [-0.39, 0.29) is 6.61 Å². The number of rotatable bonds is 3. The summed E-state index contributed by atoms with van der Waals surface area (Å²) in [5.41, 5.74) is 6.85. The molecule has 16 heavy (non-hydrogen) atoms. The van der Waals surface area contributed by atoms with Crippen LogP contribution in [-0.4, -0.2) is 33.9 Å². The summed E-state index contributed by atoms with van der Waals surface area (Å²) in [6, 6.07) is 4.48. The molecule has 1 heterocycles. The Kier molecular flexibility index (Phi) is 2.84. The third-order valence-electron chi connectivity index (χ3n) is 2.28. The van der Waals surface area contributed by atoms with Crippen molar-refractivity contribution < 1.29 is 9.90 Å². The number of fused-ring (bicyclic) bond motifs is 1. The van der Waals surface area contributed by atoms with E-state index in [1.807, 2.05) is 6.07 Å². The van der Waals surface area contributed by atoms with Gasteiger partial charge in [0.25, 0.3) is 0 Å². The van der Waals surface area contributed by atoms with Gasteiger partial charge in [0.15, 0.2) is 0 Å². The summed E-state index contributed by atoms with van der Waals surface area (Å²) in [6.07, 6.45) is 1.62. The van der Waals surface area contributed by atoms with Crippen LogP contribution in [0.15, 0.2) is 24.4 Å². The highest BCUT2D eigenvalue weighted by atomic mass is 16.3. The molecule has 84 valence electrons. The zero-order chi connectivity index (χ0) is 11.5. The molecule has 2 aromatic rings. The molecule has 0 aliphatic heterocycles. The fraction of sp³-hybridized carbons (Fsp3) is 0.200. The lowest BCUT2D eigenvalue weighted by Gasteiger charge is -2.09. The Bertz CT molecular complexity index is 508. The highest BCUT2D eigenvalue weighted by Crippen LogP contribution is 2.20. The van der Waals surface area contributed by atoms with Crippen LogP contribution in [0.5, 0.6) is 0 Å². The first-order chi connectivity index (χ1) is 7.72. The lowest BCUT2D eigenvalue weighted by Crippen LogP contribution is -2.38.